The Hall–Kier alpha value is -0.860. The van der Waals surface area contributed by atoms with E-state index in [9.17, 15) is 0 Å². The molecule has 0 aliphatic rings. The Morgan fingerprint density at radius 3 is 2.55 bits per heavy atom. The molecule has 1 aromatic rings. The summed E-state index contributed by atoms with van der Waals surface area (Å²) in [4.78, 5) is 0. The second kappa shape index (κ2) is 4.11. The minimum absolute atomic E-state index is 0.185. The van der Waals surface area contributed by atoms with Crippen molar-refractivity contribution in [3.05, 3.63) is 35.9 Å². The highest BCUT2D eigenvalue weighted by Crippen LogP contribution is 2.00. The third kappa shape index (κ3) is 3.16. The Labute approximate surface area is 67.0 Å². The van der Waals surface area contributed by atoms with Crippen LogP contribution >= 0.6 is 0 Å². The smallest absolute Gasteiger partial charge is 0.103 e. The highest BCUT2D eigenvalue weighted by atomic mass is 16.5. The minimum Gasteiger partial charge on any atom is -0.359 e. The van der Waals surface area contributed by atoms with Crippen molar-refractivity contribution in [2.24, 2.45) is 5.73 Å². The molecule has 2 nitrogen and oxygen atoms in total. The van der Waals surface area contributed by atoms with Gasteiger partial charge in [0.2, 0.25) is 0 Å². The van der Waals surface area contributed by atoms with Crippen LogP contribution in [0, 0.1) is 0 Å². The molecule has 1 aromatic carbocycles. The second-order valence-corrected chi connectivity index (χ2v) is 2.50. The van der Waals surface area contributed by atoms with Crippen LogP contribution in [-0.4, -0.2) is 6.23 Å². The van der Waals surface area contributed by atoms with Crippen molar-refractivity contribution in [1.29, 1.82) is 0 Å². The normalized spacial score (nSPS) is 12.9. The summed E-state index contributed by atoms with van der Waals surface area (Å²) in [5.41, 5.74) is 6.58. The van der Waals surface area contributed by atoms with Gasteiger partial charge in [-0.3, -0.25) is 0 Å². The maximum absolute atomic E-state index is 5.42. The molecule has 11 heavy (non-hydrogen) atoms. The molecule has 0 aromatic heterocycles. The summed E-state index contributed by atoms with van der Waals surface area (Å²) in [6, 6.07) is 9.99. The van der Waals surface area contributed by atoms with Crippen LogP contribution in [0.15, 0.2) is 30.3 Å². The molecule has 60 valence electrons. The number of ether oxygens (including phenoxy) is 1. The average molecular weight is 151 g/mol. The third-order valence-electron chi connectivity index (χ3n) is 1.36. The molecular formula is C9H13NO. The lowest BCUT2D eigenvalue weighted by molar-refractivity contribution is 0.0577. The molecule has 0 fully saturated rings. The molecule has 2 N–H and O–H groups in total. The molecule has 0 aliphatic heterocycles. The van der Waals surface area contributed by atoms with E-state index in [2.05, 4.69) is 0 Å². The molecule has 1 atom stereocenters. The van der Waals surface area contributed by atoms with Gasteiger partial charge in [-0.05, 0) is 12.5 Å². The highest BCUT2D eigenvalue weighted by Gasteiger charge is 1.93. The lowest BCUT2D eigenvalue weighted by Crippen LogP contribution is -2.18. The fourth-order valence-corrected chi connectivity index (χ4v) is 0.802. The summed E-state index contributed by atoms with van der Waals surface area (Å²) < 4.78 is 5.21. The summed E-state index contributed by atoms with van der Waals surface area (Å²) in [6.45, 7) is 2.42. The van der Waals surface area contributed by atoms with Gasteiger partial charge in [0, 0.05) is 0 Å². The lowest BCUT2D eigenvalue weighted by Gasteiger charge is -2.06. The van der Waals surface area contributed by atoms with Gasteiger partial charge in [0.15, 0.2) is 0 Å². The van der Waals surface area contributed by atoms with E-state index in [1.54, 1.807) is 0 Å². The van der Waals surface area contributed by atoms with Crippen molar-refractivity contribution >= 4 is 0 Å². The van der Waals surface area contributed by atoms with E-state index in [-0.39, 0.29) is 6.23 Å². The molecule has 0 spiro atoms. The summed E-state index contributed by atoms with van der Waals surface area (Å²) in [7, 11) is 0. The number of hydrogen-bond acceptors (Lipinski definition) is 2. The molecule has 0 amide bonds. The van der Waals surface area contributed by atoms with Crippen LogP contribution in [0.2, 0.25) is 0 Å². The van der Waals surface area contributed by atoms with E-state index in [0.29, 0.717) is 6.61 Å². The first kappa shape index (κ1) is 8.24. The lowest BCUT2D eigenvalue weighted by atomic mass is 10.2. The third-order valence-corrected chi connectivity index (χ3v) is 1.36. The quantitative estimate of drug-likeness (QED) is 0.664. The van der Waals surface area contributed by atoms with E-state index in [1.165, 1.54) is 0 Å². The fourth-order valence-electron chi connectivity index (χ4n) is 0.802. The van der Waals surface area contributed by atoms with Crippen LogP contribution in [0.3, 0.4) is 0 Å². The zero-order chi connectivity index (χ0) is 8.10. The van der Waals surface area contributed by atoms with E-state index >= 15 is 0 Å². The molecule has 0 saturated carbocycles. The number of rotatable bonds is 3. The van der Waals surface area contributed by atoms with Gasteiger partial charge < -0.3 is 10.5 Å². The van der Waals surface area contributed by atoms with E-state index in [0.717, 1.165) is 5.56 Å². The average Bonchev–Trinajstić information content (AvgIpc) is 2.03. The largest absolute Gasteiger partial charge is 0.359 e. The number of benzene rings is 1. The van der Waals surface area contributed by atoms with Crippen molar-refractivity contribution < 1.29 is 4.74 Å². The first-order valence-electron chi connectivity index (χ1n) is 3.70. The van der Waals surface area contributed by atoms with E-state index < -0.39 is 0 Å². The predicted octanol–water partition coefficient (Wildman–Crippen LogP) is 1.51. The van der Waals surface area contributed by atoms with Crippen LogP contribution in [-0.2, 0) is 11.3 Å². The van der Waals surface area contributed by atoms with Gasteiger partial charge in [0.1, 0.15) is 6.23 Å². The van der Waals surface area contributed by atoms with Crippen LogP contribution in [0.25, 0.3) is 0 Å². The Morgan fingerprint density at radius 1 is 1.36 bits per heavy atom. The van der Waals surface area contributed by atoms with Crippen molar-refractivity contribution in [2.75, 3.05) is 0 Å². The Bertz CT molecular complexity index is 196. The molecule has 2 heteroatoms. The van der Waals surface area contributed by atoms with Crippen LogP contribution < -0.4 is 5.73 Å². The molecule has 1 unspecified atom stereocenters. The van der Waals surface area contributed by atoms with Gasteiger partial charge in [0.05, 0.1) is 6.61 Å². The van der Waals surface area contributed by atoms with Crippen molar-refractivity contribution in [1.82, 2.24) is 0 Å². The minimum atomic E-state index is -0.185. The van der Waals surface area contributed by atoms with Gasteiger partial charge in [-0.1, -0.05) is 30.3 Å². The Morgan fingerprint density at radius 2 is 2.00 bits per heavy atom. The van der Waals surface area contributed by atoms with Gasteiger partial charge in [0.25, 0.3) is 0 Å². The molecule has 0 bridgehead atoms. The number of hydrogen-bond donors (Lipinski definition) is 1. The summed E-state index contributed by atoms with van der Waals surface area (Å²) in [6.07, 6.45) is -0.185. The Kier molecular flexibility index (Phi) is 3.08. The van der Waals surface area contributed by atoms with Gasteiger partial charge >= 0.3 is 0 Å². The summed E-state index contributed by atoms with van der Waals surface area (Å²) in [5, 5.41) is 0. The van der Waals surface area contributed by atoms with Gasteiger partial charge in [-0.25, -0.2) is 0 Å². The van der Waals surface area contributed by atoms with Gasteiger partial charge in [-0.2, -0.15) is 0 Å². The predicted molar refractivity (Wildman–Crippen MR) is 44.9 cm³/mol. The standard InChI is InChI=1S/C9H13NO/c1-8(10)11-7-9-5-3-2-4-6-9/h2-6,8H,7,10H2,1H3. The maximum Gasteiger partial charge on any atom is 0.103 e. The maximum atomic E-state index is 5.42. The topological polar surface area (TPSA) is 35.2 Å². The molecule has 1 rings (SSSR count). The zero-order valence-corrected chi connectivity index (χ0v) is 6.66. The monoisotopic (exact) mass is 151 g/mol. The Balaban J connectivity index is 2.39. The first-order valence-corrected chi connectivity index (χ1v) is 3.70. The van der Waals surface area contributed by atoms with Crippen LogP contribution in [0.4, 0.5) is 0 Å². The first-order chi connectivity index (χ1) is 5.29. The molecule has 0 saturated heterocycles. The summed E-state index contributed by atoms with van der Waals surface area (Å²) >= 11 is 0. The van der Waals surface area contributed by atoms with E-state index in [1.807, 2.05) is 37.3 Å². The van der Waals surface area contributed by atoms with Crippen molar-refractivity contribution in [2.45, 2.75) is 19.8 Å². The van der Waals surface area contributed by atoms with E-state index in [4.69, 9.17) is 10.5 Å². The highest BCUT2D eigenvalue weighted by molar-refractivity contribution is 5.13. The molecule has 0 heterocycles. The van der Waals surface area contributed by atoms with Gasteiger partial charge in [-0.15, -0.1) is 0 Å². The molecule has 0 aliphatic carbocycles. The van der Waals surface area contributed by atoms with Crippen LogP contribution in [0.5, 0.6) is 0 Å². The zero-order valence-electron chi connectivity index (χ0n) is 6.66. The molecule has 0 radical (unpaired) electrons. The molecular weight excluding hydrogens is 138 g/mol. The fraction of sp³-hybridized carbons (Fsp3) is 0.333. The summed E-state index contributed by atoms with van der Waals surface area (Å²) in [5.74, 6) is 0. The number of nitrogens with two attached hydrogens (primary N) is 1. The van der Waals surface area contributed by atoms with Crippen molar-refractivity contribution in [3.8, 4) is 0 Å². The second-order valence-electron chi connectivity index (χ2n) is 2.50. The van der Waals surface area contributed by atoms with Crippen LogP contribution in [0.1, 0.15) is 12.5 Å². The van der Waals surface area contributed by atoms with Crippen molar-refractivity contribution in [3.63, 3.8) is 0 Å². The SMILES string of the molecule is CC(N)OCc1ccccc1.